The van der Waals surface area contributed by atoms with Crippen molar-refractivity contribution in [1.29, 1.82) is 0 Å². The summed E-state index contributed by atoms with van der Waals surface area (Å²) in [5.41, 5.74) is 6.34. The van der Waals surface area contributed by atoms with Crippen LogP contribution in [-0.2, 0) is 42.7 Å². The molecule has 0 bridgehead atoms. The van der Waals surface area contributed by atoms with Gasteiger partial charge < -0.3 is 15.2 Å². The number of ether oxygens (including phenoxy) is 2. The van der Waals surface area contributed by atoms with Crippen molar-refractivity contribution in [2.45, 2.75) is 23.0 Å². The van der Waals surface area contributed by atoms with Gasteiger partial charge >= 0.3 is 0 Å². The standard InChI is InChI=1S/C17H21N3O6S2/c1-25-11-13-7-3-5-9-15(13)27(21,22)19-17(18)20-28(23,24)16-10-6-4-8-14(16)12-26-2/h3-10H,11-12H2,1-2H3,(H3,18,19,20). The lowest BCUT2D eigenvalue weighted by atomic mass is 10.2. The molecule has 28 heavy (non-hydrogen) atoms. The Bertz CT molecular complexity index is 1070. The number of guanidine groups is 1. The van der Waals surface area contributed by atoms with Crippen molar-refractivity contribution >= 4 is 26.0 Å². The maximum absolute atomic E-state index is 12.6. The average Bonchev–Trinajstić information content (AvgIpc) is 2.62. The van der Waals surface area contributed by atoms with Gasteiger partial charge in [0.1, 0.15) is 0 Å². The van der Waals surface area contributed by atoms with E-state index in [1.54, 1.807) is 24.3 Å². The van der Waals surface area contributed by atoms with Gasteiger partial charge in [-0.3, -0.25) is 0 Å². The lowest BCUT2D eigenvalue weighted by Gasteiger charge is -2.12. The predicted octanol–water partition coefficient (Wildman–Crippen LogP) is 0.961. The highest BCUT2D eigenvalue weighted by Gasteiger charge is 2.22. The van der Waals surface area contributed by atoms with Crippen molar-refractivity contribution in [3.63, 3.8) is 0 Å². The third-order valence-corrected chi connectivity index (χ3v) is 6.42. The van der Waals surface area contributed by atoms with E-state index in [4.69, 9.17) is 15.2 Å². The summed E-state index contributed by atoms with van der Waals surface area (Å²) >= 11 is 0. The molecule has 0 aliphatic rings. The van der Waals surface area contributed by atoms with Crippen molar-refractivity contribution in [2.24, 2.45) is 10.1 Å². The predicted molar refractivity (Wildman–Crippen MR) is 103 cm³/mol. The van der Waals surface area contributed by atoms with Crippen molar-refractivity contribution in [3.05, 3.63) is 59.7 Å². The molecule has 0 unspecified atom stereocenters. The van der Waals surface area contributed by atoms with E-state index in [2.05, 4.69) is 4.40 Å². The summed E-state index contributed by atoms with van der Waals surface area (Å²) in [6.45, 7) is 0.0950. The molecule has 0 heterocycles. The molecule has 152 valence electrons. The van der Waals surface area contributed by atoms with E-state index in [0.29, 0.717) is 11.1 Å². The number of benzene rings is 2. The zero-order chi connectivity index (χ0) is 20.8. The monoisotopic (exact) mass is 427 g/mol. The molecule has 0 atom stereocenters. The first-order chi connectivity index (χ1) is 13.2. The first-order valence-corrected chi connectivity index (χ1v) is 10.9. The van der Waals surface area contributed by atoms with Crippen LogP contribution < -0.4 is 10.5 Å². The quantitative estimate of drug-likeness (QED) is 0.473. The molecule has 0 saturated carbocycles. The smallest absolute Gasteiger partial charge is 0.285 e. The number of methoxy groups -OCH3 is 2. The van der Waals surface area contributed by atoms with Crippen molar-refractivity contribution < 1.29 is 26.3 Å². The molecule has 0 spiro atoms. The van der Waals surface area contributed by atoms with Crippen LogP contribution in [0.1, 0.15) is 11.1 Å². The van der Waals surface area contributed by atoms with Gasteiger partial charge in [0.25, 0.3) is 20.0 Å². The Kier molecular flexibility index (Phi) is 7.13. The van der Waals surface area contributed by atoms with Crippen molar-refractivity contribution in [1.82, 2.24) is 4.72 Å². The summed E-state index contributed by atoms with van der Waals surface area (Å²) in [6.07, 6.45) is 0. The maximum Gasteiger partial charge on any atom is 0.285 e. The Balaban J connectivity index is 2.36. The van der Waals surface area contributed by atoms with E-state index in [1.165, 1.54) is 38.5 Å². The number of nitrogens with one attached hydrogen (secondary N) is 1. The molecular formula is C17H21N3O6S2. The number of hydrogen-bond acceptors (Lipinski definition) is 6. The van der Waals surface area contributed by atoms with E-state index in [0.717, 1.165) is 0 Å². The summed E-state index contributed by atoms with van der Waals surface area (Å²) in [5.74, 6) is -0.778. The molecule has 2 aromatic carbocycles. The second-order valence-electron chi connectivity index (χ2n) is 5.64. The van der Waals surface area contributed by atoms with Crippen LogP contribution in [0, 0.1) is 0 Å². The van der Waals surface area contributed by atoms with Gasteiger partial charge in [-0.15, -0.1) is 4.40 Å². The first-order valence-electron chi connectivity index (χ1n) is 7.98. The summed E-state index contributed by atoms with van der Waals surface area (Å²) in [5, 5.41) is 0. The molecule has 0 saturated heterocycles. The van der Waals surface area contributed by atoms with Gasteiger partial charge in [-0.1, -0.05) is 36.4 Å². The van der Waals surface area contributed by atoms with Crippen LogP contribution in [0.4, 0.5) is 0 Å². The van der Waals surface area contributed by atoms with Crippen LogP contribution >= 0.6 is 0 Å². The molecule has 0 aromatic heterocycles. The maximum atomic E-state index is 12.6. The van der Waals surface area contributed by atoms with Crippen LogP contribution in [-0.4, -0.2) is 37.0 Å². The number of nitrogens with two attached hydrogens (primary N) is 1. The number of sulfonamides is 2. The van der Waals surface area contributed by atoms with Gasteiger partial charge in [-0.05, 0) is 23.3 Å². The molecule has 3 N–H and O–H groups in total. The molecular weight excluding hydrogens is 406 g/mol. The third-order valence-electron chi connectivity index (χ3n) is 3.57. The summed E-state index contributed by atoms with van der Waals surface area (Å²) < 4.78 is 65.6. The van der Waals surface area contributed by atoms with E-state index in [1.807, 2.05) is 4.72 Å². The van der Waals surface area contributed by atoms with Crippen molar-refractivity contribution in [2.75, 3.05) is 14.2 Å². The highest BCUT2D eigenvalue weighted by atomic mass is 32.2. The summed E-state index contributed by atoms with van der Waals surface area (Å²) in [4.78, 5) is -0.217. The normalized spacial score (nSPS) is 12.7. The fraction of sp³-hybridized carbons (Fsp3) is 0.235. The SMILES string of the molecule is COCc1ccccc1S(=O)(=O)N=C(N)NS(=O)(=O)c1ccccc1COC. The number of rotatable bonds is 8. The molecule has 11 heteroatoms. The third kappa shape index (κ3) is 5.29. The minimum atomic E-state index is -4.26. The molecule has 0 fully saturated rings. The van der Waals surface area contributed by atoms with Crippen LogP contribution in [0.3, 0.4) is 0 Å². The van der Waals surface area contributed by atoms with E-state index in [9.17, 15) is 16.8 Å². The first kappa shape index (κ1) is 21.8. The Morgan fingerprint density at radius 3 is 1.89 bits per heavy atom. The molecule has 9 nitrogen and oxygen atoms in total. The number of nitrogens with zero attached hydrogens (tertiary/aromatic N) is 1. The molecule has 0 amide bonds. The summed E-state index contributed by atoms with van der Waals surface area (Å²) in [7, 11) is -5.57. The second kappa shape index (κ2) is 9.15. The van der Waals surface area contributed by atoms with Gasteiger partial charge in [0.2, 0.25) is 5.96 Å². The highest BCUT2D eigenvalue weighted by molar-refractivity contribution is 7.91. The summed E-state index contributed by atoms with van der Waals surface area (Å²) in [6, 6.07) is 12.2. The molecule has 0 aliphatic carbocycles. The topological polar surface area (TPSA) is 137 Å². The van der Waals surface area contributed by atoms with Crippen LogP contribution in [0.25, 0.3) is 0 Å². The zero-order valence-electron chi connectivity index (χ0n) is 15.3. The Hall–Kier alpha value is -2.47. The zero-order valence-corrected chi connectivity index (χ0v) is 17.0. The fourth-order valence-electron chi connectivity index (χ4n) is 2.46. The molecule has 2 aromatic rings. The van der Waals surface area contributed by atoms with Crippen LogP contribution in [0.2, 0.25) is 0 Å². The lowest BCUT2D eigenvalue weighted by Crippen LogP contribution is -2.37. The van der Waals surface area contributed by atoms with Gasteiger partial charge in [0, 0.05) is 14.2 Å². The largest absolute Gasteiger partial charge is 0.380 e. The minimum Gasteiger partial charge on any atom is -0.380 e. The van der Waals surface area contributed by atoms with Gasteiger partial charge in [0.15, 0.2) is 0 Å². The Morgan fingerprint density at radius 2 is 1.36 bits per heavy atom. The average molecular weight is 428 g/mol. The fourth-order valence-corrected chi connectivity index (χ4v) is 4.79. The lowest BCUT2D eigenvalue weighted by molar-refractivity contribution is 0.182. The second-order valence-corrected chi connectivity index (χ2v) is 8.86. The highest BCUT2D eigenvalue weighted by Crippen LogP contribution is 2.19. The Labute approximate surface area is 164 Å². The molecule has 0 aliphatic heterocycles. The van der Waals surface area contributed by atoms with E-state index < -0.39 is 26.0 Å². The van der Waals surface area contributed by atoms with Gasteiger partial charge in [-0.2, -0.15) is 8.42 Å². The minimum absolute atomic E-state index is 0.0426. The van der Waals surface area contributed by atoms with Crippen LogP contribution in [0.5, 0.6) is 0 Å². The Morgan fingerprint density at radius 1 is 0.893 bits per heavy atom. The van der Waals surface area contributed by atoms with Crippen molar-refractivity contribution in [3.8, 4) is 0 Å². The molecule has 2 rings (SSSR count). The molecule has 0 radical (unpaired) electrons. The van der Waals surface area contributed by atoms with E-state index >= 15 is 0 Å². The van der Waals surface area contributed by atoms with Crippen LogP contribution in [0.15, 0.2) is 62.7 Å². The van der Waals surface area contributed by atoms with Gasteiger partial charge in [-0.25, -0.2) is 13.1 Å². The number of hydrogen-bond donors (Lipinski definition) is 2. The van der Waals surface area contributed by atoms with Gasteiger partial charge in [0.05, 0.1) is 23.0 Å². The van der Waals surface area contributed by atoms with E-state index in [-0.39, 0.29) is 23.0 Å².